The molecule has 0 saturated carbocycles. The van der Waals surface area contributed by atoms with Gasteiger partial charge in [0.25, 0.3) is 0 Å². The predicted octanol–water partition coefficient (Wildman–Crippen LogP) is -10.6. The second-order valence-electron chi connectivity index (χ2n) is 30.2. The van der Waals surface area contributed by atoms with Crippen LogP contribution >= 0.6 is 0 Å². The molecular weight excluding hydrogens is 1740 g/mol. The second kappa shape index (κ2) is 58.1. The second-order valence-corrected chi connectivity index (χ2v) is 30.2. The normalized spacial score (nSPS) is 14.1. The molecule has 3 aromatic carbocycles. The molecule has 4 aromatic rings. The first kappa shape index (κ1) is 110. The summed E-state index contributed by atoms with van der Waals surface area (Å²) < 4.78 is 0. The number of H-pyrrole nitrogens is 1. The summed E-state index contributed by atoms with van der Waals surface area (Å²) in [7, 11) is 0. The molecule has 0 aliphatic carbocycles. The fourth-order valence-electron chi connectivity index (χ4n) is 12.7. The minimum absolute atomic E-state index is 0.0105. The molecule has 0 bridgehead atoms. The first-order valence-corrected chi connectivity index (χ1v) is 41.8. The summed E-state index contributed by atoms with van der Waals surface area (Å²) in [6.45, 7) is -4.93. The van der Waals surface area contributed by atoms with Gasteiger partial charge in [-0.05, 0) is 100 Å². The van der Waals surface area contributed by atoms with Crippen molar-refractivity contribution in [2.75, 3.05) is 59.2 Å². The number of aromatic amines is 1. The Kier molecular flexibility index (Phi) is 48.3. The van der Waals surface area contributed by atoms with E-state index in [1.165, 1.54) is 13.1 Å². The number of unbranched alkanes of at least 4 members (excludes halogenated alkanes) is 1. The number of guanidine groups is 2. The van der Waals surface area contributed by atoms with E-state index < -0.39 is 293 Å². The van der Waals surface area contributed by atoms with E-state index in [4.69, 9.17) is 38.9 Å². The molecule has 1 aromatic heterocycles. The lowest BCUT2D eigenvalue weighted by Crippen LogP contribution is -2.61. The van der Waals surface area contributed by atoms with E-state index in [1.54, 1.807) is 84.9 Å². The van der Waals surface area contributed by atoms with Crippen molar-refractivity contribution in [3.05, 3.63) is 108 Å². The summed E-state index contributed by atoms with van der Waals surface area (Å²) in [6.07, 6.45) is -4.38. The van der Waals surface area contributed by atoms with Gasteiger partial charge in [-0.1, -0.05) is 78.9 Å². The number of hydrogen-bond donors (Lipinski definition) is 32. The number of carboxylic acids is 4. The van der Waals surface area contributed by atoms with Gasteiger partial charge in [-0.3, -0.25) is 102 Å². The van der Waals surface area contributed by atoms with Crippen molar-refractivity contribution in [1.29, 1.82) is 10.8 Å². The van der Waals surface area contributed by atoms with Crippen LogP contribution in [0.25, 0.3) is 10.9 Å². The Labute approximate surface area is 754 Å². The number of nitrogens with two attached hydrogens (primary N) is 4. The minimum Gasteiger partial charge on any atom is -0.481 e. The summed E-state index contributed by atoms with van der Waals surface area (Å²) in [5, 5.41) is 134. The average molecular weight is 1860 g/mol. The molecule has 14 atom stereocenters. The highest BCUT2D eigenvalue weighted by Crippen LogP contribution is 2.21. The molecule has 724 valence electrons. The lowest BCUT2D eigenvalue weighted by Gasteiger charge is -2.28. The monoisotopic (exact) mass is 1860 g/mol. The van der Waals surface area contributed by atoms with E-state index in [-0.39, 0.29) is 77.4 Å². The van der Waals surface area contributed by atoms with E-state index >= 15 is 4.79 Å². The third-order valence-electron chi connectivity index (χ3n) is 19.8. The number of para-hydroxylation sites is 1. The van der Waals surface area contributed by atoms with Crippen molar-refractivity contribution in [2.24, 2.45) is 22.9 Å². The topological polar surface area (TPSA) is 858 Å². The Morgan fingerprint density at radius 3 is 1.05 bits per heavy atom. The van der Waals surface area contributed by atoms with Crippen LogP contribution in [0.3, 0.4) is 0 Å². The van der Waals surface area contributed by atoms with Gasteiger partial charge in [-0.25, -0.2) is 0 Å². The largest absolute Gasteiger partial charge is 0.481 e. The number of carbonyl (C=O) groups is 19. The van der Waals surface area contributed by atoms with Crippen LogP contribution in [-0.2, 0) is 110 Å². The number of carboxylic acid groups (broad SMARTS) is 4. The van der Waals surface area contributed by atoms with E-state index in [9.17, 15) is 122 Å². The molecule has 15 amide bonds. The van der Waals surface area contributed by atoms with Crippen LogP contribution in [-0.4, -0.2) is 314 Å². The number of aliphatic hydroxyl groups is 4. The van der Waals surface area contributed by atoms with Crippen molar-refractivity contribution >= 4 is 135 Å². The molecular formula is C81H118N24O27. The Morgan fingerprint density at radius 1 is 0.341 bits per heavy atom. The first-order valence-electron chi connectivity index (χ1n) is 41.8. The van der Waals surface area contributed by atoms with Crippen molar-refractivity contribution in [3.63, 3.8) is 0 Å². The minimum atomic E-state index is -2.03. The summed E-state index contributed by atoms with van der Waals surface area (Å²) in [5.41, 5.74) is 23.8. The van der Waals surface area contributed by atoms with Gasteiger partial charge in [-0.15, -0.1) is 0 Å². The molecule has 0 radical (unpaired) electrons. The number of aromatic nitrogens is 1. The van der Waals surface area contributed by atoms with Crippen molar-refractivity contribution in [2.45, 2.75) is 194 Å². The lowest BCUT2D eigenvalue weighted by atomic mass is 10.0. The maximum absolute atomic E-state index is 15.0. The molecule has 132 heavy (non-hydrogen) atoms. The fraction of sp³-hybridized carbons (Fsp3) is 0.494. The number of aliphatic hydroxyl groups excluding tert-OH is 4. The molecule has 0 spiro atoms. The van der Waals surface area contributed by atoms with Crippen LogP contribution in [0.2, 0.25) is 0 Å². The summed E-state index contributed by atoms with van der Waals surface area (Å²) in [5.74, 6) is -24.0. The van der Waals surface area contributed by atoms with Crippen LogP contribution in [0, 0.1) is 10.8 Å². The van der Waals surface area contributed by atoms with Gasteiger partial charge in [0.2, 0.25) is 88.6 Å². The van der Waals surface area contributed by atoms with Crippen LogP contribution in [0.15, 0.2) is 91.1 Å². The van der Waals surface area contributed by atoms with E-state index in [1.807, 2.05) is 0 Å². The smallest absolute Gasteiger partial charge is 0.322 e. The molecule has 0 saturated heterocycles. The van der Waals surface area contributed by atoms with Gasteiger partial charge in [0, 0.05) is 68.7 Å². The summed E-state index contributed by atoms with van der Waals surface area (Å²) in [4.78, 5) is 260. The third-order valence-corrected chi connectivity index (χ3v) is 19.8. The van der Waals surface area contributed by atoms with Gasteiger partial charge < -0.3 is 159 Å². The standard InChI is InChI=1S/C81H118N24O27/c1-42(66(119)91-36-61(110)94-52(23-26-62(111)112)71(124)96-50(20-10-11-29-82)69(122)98-53(24-27-63(113)114)72(125)104-59(40-108)78(131)95-49(21-12-30-88-80(84)85)68(121)92-37-65(117)118)93-74(127)55(32-43-14-4-2-5-15-43)101-76(129)57(34-45-35-90-48-19-9-8-18-46(45)48)102-79(132)60(41-109)105-73(126)54(25-28-64(115)116)99-75(128)56(33-44-16-6-3-7-17-44)100-70(123)51(22-13-31-89-81(86)87)97-77(130)58(39-107)103-67(120)47(83)38-106/h2-9,14-19,35,42,47,49-60,90,106-109H,10-13,20-34,36-41,82-83H2,1H3,(H,91,119)(H,92,121)(H,93,127)(H,94,110)(H,95,131)(H,96,124)(H,97,130)(H,98,122)(H,99,128)(H,100,123)(H,101,129)(H,102,132)(H,103,120)(H,104,125)(H,105,126)(H,111,112)(H,113,114)(H,115,116)(H,117,118)(H4,84,85,88)(H4,86,87,89)/t42-,47-,49-,50-,51-,52-,53-,54-,55-,56-,57-,58-,59-,60-/m0/s1. The molecule has 4 rings (SSSR count). The highest BCUT2D eigenvalue weighted by atomic mass is 16.4. The number of carbonyl (C=O) groups excluding carboxylic acids is 15. The van der Waals surface area contributed by atoms with Gasteiger partial charge >= 0.3 is 23.9 Å². The van der Waals surface area contributed by atoms with E-state index in [2.05, 4.69) is 95.4 Å². The predicted molar refractivity (Wildman–Crippen MR) is 465 cm³/mol. The number of nitrogens with one attached hydrogen (secondary N) is 20. The van der Waals surface area contributed by atoms with Crippen molar-refractivity contribution in [1.82, 2.24) is 95.4 Å². The molecule has 51 heteroatoms. The molecule has 51 nitrogen and oxygen atoms in total. The van der Waals surface area contributed by atoms with Gasteiger partial charge in [0.1, 0.15) is 91.1 Å². The van der Waals surface area contributed by atoms with Crippen LogP contribution in [0.5, 0.6) is 0 Å². The maximum atomic E-state index is 15.0. The number of amides is 15. The van der Waals surface area contributed by atoms with Gasteiger partial charge in [0.05, 0.1) is 33.0 Å². The molecule has 1 heterocycles. The molecule has 0 aliphatic rings. The third kappa shape index (κ3) is 40.4. The van der Waals surface area contributed by atoms with E-state index in [0.29, 0.717) is 27.6 Å². The lowest BCUT2D eigenvalue weighted by molar-refractivity contribution is -0.139. The zero-order chi connectivity index (χ0) is 98.1. The molecule has 36 N–H and O–H groups in total. The van der Waals surface area contributed by atoms with E-state index in [0.717, 1.165) is 0 Å². The van der Waals surface area contributed by atoms with Gasteiger partial charge in [-0.2, -0.15) is 0 Å². The van der Waals surface area contributed by atoms with Crippen LogP contribution in [0.1, 0.15) is 107 Å². The highest BCUT2D eigenvalue weighted by Gasteiger charge is 2.39. The number of fused-ring (bicyclic) bond motifs is 1. The Morgan fingerprint density at radius 2 is 0.667 bits per heavy atom. The number of aliphatic carboxylic acids is 4. The first-order chi connectivity index (χ1) is 62.7. The Hall–Kier alpha value is -14.6. The average Bonchev–Trinajstić information content (AvgIpc) is 1.15. The zero-order valence-corrected chi connectivity index (χ0v) is 72.1. The van der Waals surface area contributed by atoms with Gasteiger partial charge in [0.15, 0.2) is 11.9 Å². The van der Waals surface area contributed by atoms with Crippen molar-refractivity contribution < 1.29 is 132 Å². The van der Waals surface area contributed by atoms with Crippen LogP contribution in [0.4, 0.5) is 0 Å². The highest BCUT2D eigenvalue weighted by molar-refractivity contribution is 6.01. The number of rotatable bonds is 62. The Bertz CT molecular complexity index is 4630. The Balaban J connectivity index is 1.59. The maximum Gasteiger partial charge on any atom is 0.322 e. The number of hydrogen-bond acceptors (Lipinski definition) is 27. The fourth-order valence-corrected chi connectivity index (χ4v) is 12.7. The quantitative estimate of drug-likeness (QED) is 0.0111. The summed E-state index contributed by atoms with van der Waals surface area (Å²) in [6, 6.07) is -1.54. The SMILES string of the molecule is C[C@H](NC(=O)[C@H](Cc1ccccc1)NC(=O)[C@H](Cc1c[nH]c2ccccc12)NC(=O)[C@H](CO)NC(=O)[C@H](CCC(=O)O)NC(=O)[C@H](Cc1ccccc1)NC(=O)[C@H](CCCNC(=N)N)NC(=O)[C@H](CO)NC(=O)[C@@H](N)CO)C(=O)NCC(=O)N[C@@H](CCC(=O)O)C(=O)N[C@@H](CCCCN)C(=O)N[C@@H](CCC(=O)O)C(=O)N[C@@H](CO)C(=O)N[C@@H](CCCNC(=N)N)C(=O)NCC(=O)O. The molecule has 0 unspecified atom stereocenters. The van der Waals surface area contributed by atoms with Crippen molar-refractivity contribution in [3.8, 4) is 0 Å². The summed E-state index contributed by atoms with van der Waals surface area (Å²) >= 11 is 0. The molecule has 0 fully saturated rings. The number of benzene rings is 3. The van der Waals surface area contributed by atoms with Crippen LogP contribution < -0.4 is 113 Å². The molecule has 0 aliphatic heterocycles. The zero-order valence-electron chi connectivity index (χ0n) is 72.1.